The fourth-order valence-corrected chi connectivity index (χ4v) is 1.66. The molecule has 1 aromatic carbocycles. The molecule has 0 spiro atoms. The first-order valence-electron chi connectivity index (χ1n) is 4.63. The average molecular weight is 230 g/mol. The van der Waals surface area contributed by atoms with Gasteiger partial charge in [-0.1, -0.05) is 0 Å². The van der Waals surface area contributed by atoms with Crippen molar-refractivity contribution in [3.63, 3.8) is 0 Å². The van der Waals surface area contributed by atoms with Crippen molar-refractivity contribution in [3.8, 4) is 11.5 Å². The van der Waals surface area contributed by atoms with Gasteiger partial charge in [0, 0.05) is 13.1 Å². The Labute approximate surface area is 95.5 Å². The summed E-state index contributed by atoms with van der Waals surface area (Å²) in [6.07, 6.45) is 0. The molecule has 0 saturated heterocycles. The number of methoxy groups -OCH3 is 2. The SMILES string of the molecule is COc1cc(C)c(N(C)CCl)c(OC)c1. The summed E-state index contributed by atoms with van der Waals surface area (Å²) in [5, 5.41) is 0. The predicted octanol–water partition coefficient (Wildman–Crippen LogP) is 2.64. The van der Waals surface area contributed by atoms with E-state index >= 15 is 0 Å². The van der Waals surface area contributed by atoms with Gasteiger partial charge in [-0.3, -0.25) is 0 Å². The molecule has 0 amide bonds. The van der Waals surface area contributed by atoms with E-state index in [9.17, 15) is 0 Å². The van der Waals surface area contributed by atoms with E-state index in [-0.39, 0.29) is 0 Å². The van der Waals surface area contributed by atoms with E-state index in [1.165, 1.54) is 0 Å². The van der Waals surface area contributed by atoms with E-state index in [4.69, 9.17) is 21.1 Å². The third kappa shape index (κ3) is 2.48. The Kier molecular flexibility index (Phi) is 4.09. The van der Waals surface area contributed by atoms with Gasteiger partial charge in [0.25, 0.3) is 0 Å². The smallest absolute Gasteiger partial charge is 0.146 e. The van der Waals surface area contributed by atoms with Crippen LogP contribution in [-0.4, -0.2) is 27.3 Å². The van der Waals surface area contributed by atoms with E-state index in [2.05, 4.69) is 0 Å². The van der Waals surface area contributed by atoms with Crippen molar-refractivity contribution in [2.75, 3.05) is 32.2 Å². The fourth-order valence-electron chi connectivity index (χ4n) is 1.54. The van der Waals surface area contributed by atoms with Crippen LogP contribution in [0.3, 0.4) is 0 Å². The minimum atomic E-state index is 0.420. The van der Waals surface area contributed by atoms with Crippen molar-refractivity contribution in [3.05, 3.63) is 17.7 Å². The Morgan fingerprint density at radius 1 is 1.27 bits per heavy atom. The summed E-state index contributed by atoms with van der Waals surface area (Å²) in [7, 11) is 5.20. The number of rotatable bonds is 4. The lowest BCUT2D eigenvalue weighted by molar-refractivity contribution is 0.394. The molecule has 0 atom stereocenters. The molecule has 0 aliphatic rings. The van der Waals surface area contributed by atoms with Gasteiger partial charge in [-0.05, 0) is 18.6 Å². The summed E-state index contributed by atoms with van der Waals surface area (Å²) in [5.74, 6) is 1.56. The highest BCUT2D eigenvalue weighted by Crippen LogP contribution is 2.35. The number of hydrogen-bond acceptors (Lipinski definition) is 3. The zero-order chi connectivity index (χ0) is 11.4. The van der Waals surface area contributed by atoms with Gasteiger partial charge in [-0.15, -0.1) is 11.6 Å². The van der Waals surface area contributed by atoms with E-state index in [0.717, 1.165) is 22.7 Å². The molecule has 0 aliphatic carbocycles. The van der Waals surface area contributed by atoms with Crippen molar-refractivity contribution < 1.29 is 9.47 Å². The number of benzene rings is 1. The number of nitrogens with zero attached hydrogens (tertiary/aromatic N) is 1. The fraction of sp³-hybridized carbons (Fsp3) is 0.455. The van der Waals surface area contributed by atoms with Crippen LogP contribution >= 0.6 is 11.6 Å². The second kappa shape index (κ2) is 5.12. The number of hydrogen-bond donors (Lipinski definition) is 0. The van der Waals surface area contributed by atoms with Crippen LogP contribution in [0.4, 0.5) is 5.69 Å². The molecule has 0 heterocycles. The van der Waals surface area contributed by atoms with Crippen LogP contribution in [0.5, 0.6) is 11.5 Å². The number of halogens is 1. The van der Waals surface area contributed by atoms with E-state index in [1.54, 1.807) is 14.2 Å². The molecule has 0 unspecified atom stereocenters. The second-order valence-corrected chi connectivity index (χ2v) is 3.55. The van der Waals surface area contributed by atoms with Crippen molar-refractivity contribution in [1.82, 2.24) is 0 Å². The Bertz CT molecular complexity index is 342. The number of anilines is 1. The maximum atomic E-state index is 5.80. The number of aryl methyl sites for hydroxylation is 1. The monoisotopic (exact) mass is 229 g/mol. The van der Waals surface area contributed by atoms with Crippen molar-refractivity contribution in [2.24, 2.45) is 0 Å². The summed E-state index contributed by atoms with van der Waals surface area (Å²) in [6, 6.07) is 4.23. The third-order valence-corrected chi connectivity index (χ3v) is 2.61. The van der Waals surface area contributed by atoms with Gasteiger partial charge in [0.05, 0.1) is 25.9 Å². The molecular weight excluding hydrogens is 214 g/mol. The van der Waals surface area contributed by atoms with Crippen molar-refractivity contribution >= 4 is 17.3 Å². The minimum absolute atomic E-state index is 0.420. The second-order valence-electron chi connectivity index (χ2n) is 3.31. The van der Waals surface area contributed by atoms with Crippen LogP contribution in [-0.2, 0) is 0 Å². The normalized spacial score (nSPS) is 9.93. The van der Waals surface area contributed by atoms with Crippen LogP contribution < -0.4 is 14.4 Å². The van der Waals surface area contributed by atoms with Gasteiger partial charge >= 0.3 is 0 Å². The molecule has 0 aliphatic heterocycles. The van der Waals surface area contributed by atoms with Crippen molar-refractivity contribution in [1.29, 1.82) is 0 Å². The molecule has 0 N–H and O–H groups in total. The lowest BCUT2D eigenvalue weighted by Crippen LogP contribution is -2.16. The van der Waals surface area contributed by atoms with Gasteiger partial charge < -0.3 is 14.4 Å². The zero-order valence-corrected chi connectivity index (χ0v) is 10.3. The molecule has 4 heteroatoms. The van der Waals surface area contributed by atoms with Crippen molar-refractivity contribution in [2.45, 2.75) is 6.92 Å². The highest BCUT2D eigenvalue weighted by molar-refractivity contribution is 6.19. The van der Waals surface area contributed by atoms with E-state index in [1.807, 2.05) is 31.0 Å². The summed E-state index contributed by atoms with van der Waals surface area (Å²) in [5.41, 5.74) is 2.07. The average Bonchev–Trinajstić information content (AvgIpc) is 2.26. The number of alkyl halides is 1. The van der Waals surface area contributed by atoms with Crippen LogP contribution in [0.1, 0.15) is 5.56 Å². The Hall–Kier alpha value is -1.09. The van der Waals surface area contributed by atoms with Crippen LogP contribution in [0.15, 0.2) is 12.1 Å². The highest BCUT2D eigenvalue weighted by Gasteiger charge is 2.12. The summed E-state index contributed by atoms with van der Waals surface area (Å²) < 4.78 is 10.5. The quantitative estimate of drug-likeness (QED) is 0.585. The maximum Gasteiger partial charge on any atom is 0.146 e. The standard InChI is InChI=1S/C11H16ClNO2/c1-8-5-9(14-3)6-10(15-4)11(8)13(2)7-12/h5-6H,7H2,1-4H3. The summed E-state index contributed by atoms with van der Waals surface area (Å²) in [6.45, 7) is 2.00. The first kappa shape index (κ1) is 12.0. The summed E-state index contributed by atoms with van der Waals surface area (Å²) in [4.78, 5) is 1.93. The molecule has 0 bridgehead atoms. The van der Waals surface area contributed by atoms with Crippen LogP contribution in [0.25, 0.3) is 0 Å². The highest BCUT2D eigenvalue weighted by atomic mass is 35.5. The molecule has 0 fully saturated rings. The molecule has 3 nitrogen and oxygen atoms in total. The molecule has 0 radical (unpaired) electrons. The van der Waals surface area contributed by atoms with Gasteiger partial charge in [0.2, 0.25) is 0 Å². The van der Waals surface area contributed by atoms with Crippen LogP contribution in [0, 0.1) is 6.92 Å². The number of ether oxygens (including phenoxy) is 2. The molecule has 84 valence electrons. The Morgan fingerprint density at radius 2 is 1.93 bits per heavy atom. The third-order valence-electron chi connectivity index (χ3n) is 2.26. The maximum absolute atomic E-state index is 5.80. The van der Waals surface area contributed by atoms with Gasteiger partial charge in [0.1, 0.15) is 11.5 Å². The molecule has 1 rings (SSSR count). The predicted molar refractivity (Wildman–Crippen MR) is 63.4 cm³/mol. The Morgan fingerprint density at radius 3 is 2.40 bits per heavy atom. The van der Waals surface area contributed by atoms with Gasteiger partial charge in [-0.2, -0.15) is 0 Å². The first-order valence-corrected chi connectivity index (χ1v) is 5.17. The lowest BCUT2D eigenvalue weighted by atomic mass is 10.1. The molecule has 0 aromatic heterocycles. The van der Waals surface area contributed by atoms with Crippen LogP contribution in [0.2, 0.25) is 0 Å². The first-order chi connectivity index (χ1) is 7.13. The van der Waals surface area contributed by atoms with Gasteiger partial charge in [0.15, 0.2) is 0 Å². The molecule has 15 heavy (non-hydrogen) atoms. The summed E-state index contributed by atoms with van der Waals surface area (Å²) >= 11 is 5.80. The zero-order valence-electron chi connectivity index (χ0n) is 9.50. The van der Waals surface area contributed by atoms with E-state index < -0.39 is 0 Å². The Balaban J connectivity index is 3.24. The molecule has 1 aromatic rings. The topological polar surface area (TPSA) is 21.7 Å². The van der Waals surface area contributed by atoms with E-state index in [0.29, 0.717) is 6.00 Å². The molecule has 0 saturated carbocycles. The lowest BCUT2D eigenvalue weighted by Gasteiger charge is -2.21. The molecular formula is C11H16ClNO2. The minimum Gasteiger partial charge on any atom is -0.497 e. The largest absolute Gasteiger partial charge is 0.497 e. The van der Waals surface area contributed by atoms with Gasteiger partial charge in [-0.25, -0.2) is 0 Å².